The summed E-state index contributed by atoms with van der Waals surface area (Å²) in [6, 6.07) is 0. The quantitative estimate of drug-likeness (QED) is 0.709. The SMILES string of the molecule is CC1=CCC(/C(C)=C/C=C\C=C\N)=CC=C1. The van der Waals surface area contributed by atoms with Gasteiger partial charge in [-0.15, -0.1) is 0 Å². The van der Waals surface area contributed by atoms with Crippen LogP contribution in [0.4, 0.5) is 0 Å². The maximum absolute atomic E-state index is 5.24. The second-order valence-electron chi connectivity index (χ2n) is 3.82. The van der Waals surface area contributed by atoms with E-state index in [9.17, 15) is 0 Å². The predicted molar refractivity (Wildman–Crippen MR) is 71.8 cm³/mol. The zero-order valence-corrected chi connectivity index (χ0v) is 9.98. The Kier molecular flexibility index (Phi) is 5.13. The van der Waals surface area contributed by atoms with Crippen LogP contribution < -0.4 is 5.73 Å². The Bertz CT molecular complexity index is 398. The van der Waals surface area contributed by atoms with Crippen molar-refractivity contribution >= 4 is 0 Å². The van der Waals surface area contributed by atoms with Gasteiger partial charge in [-0.1, -0.05) is 48.1 Å². The summed E-state index contributed by atoms with van der Waals surface area (Å²) in [6.07, 6.45) is 19.0. The van der Waals surface area contributed by atoms with Crippen molar-refractivity contribution in [3.63, 3.8) is 0 Å². The van der Waals surface area contributed by atoms with Crippen LogP contribution in [0.2, 0.25) is 0 Å². The van der Waals surface area contributed by atoms with Crippen LogP contribution in [0, 0.1) is 0 Å². The summed E-state index contributed by atoms with van der Waals surface area (Å²) in [5.41, 5.74) is 9.21. The Labute approximate surface area is 98.0 Å². The Hall–Kier alpha value is -1.76. The summed E-state index contributed by atoms with van der Waals surface area (Å²) >= 11 is 0. The third-order valence-electron chi connectivity index (χ3n) is 2.49. The molecule has 16 heavy (non-hydrogen) atoms. The monoisotopic (exact) mass is 213 g/mol. The first-order chi connectivity index (χ1) is 7.74. The average Bonchev–Trinajstić information content (AvgIpc) is 2.49. The zero-order chi connectivity index (χ0) is 11.8. The first-order valence-corrected chi connectivity index (χ1v) is 5.50. The minimum absolute atomic E-state index is 1.00. The summed E-state index contributed by atoms with van der Waals surface area (Å²) in [7, 11) is 0. The second kappa shape index (κ2) is 6.67. The summed E-state index contributed by atoms with van der Waals surface area (Å²) in [5.74, 6) is 0. The Morgan fingerprint density at radius 1 is 1.31 bits per heavy atom. The van der Waals surface area contributed by atoms with Gasteiger partial charge in [-0.3, -0.25) is 0 Å². The maximum atomic E-state index is 5.24. The maximum Gasteiger partial charge on any atom is -0.00624 e. The lowest BCUT2D eigenvalue weighted by Crippen LogP contribution is -1.83. The average molecular weight is 213 g/mol. The van der Waals surface area contributed by atoms with Crippen molar-refractivity contribution < 1.29 is 0 Å². The van der Waals surface area contributed by atoms with E-state index in [0.29, 0.717) is 0 Å². The van der Waals surface area contributed by atoms with Crippen molar-refractivity contribution in [2.45, 2.75) is 20.3 Å². The van der Waals surface area contributed by atoms with E-state index in [-0.39, 0.29) is 0 Å². The first-order valence-electron chi connectivity index (χ1n) is 5.50. The van der Waals surface area contributed by atoms with E-state index in [4.69, 9.17) is 5.73 Å². The molecule has 2 N–H and O–H groups in total. The molecule has 0 radical (unpaired) electrons. The molecule has 0 atom stereocenters. The first kappa shape index (κ1) is 12.3. The fourth-order valence-corrected chi connectivity index (χ4v) is 1.45. The molecule has 0 aliphatic heterocycles. The molecule has 1 heteroatoms. The van der Waals surface area contributed by atoms with Crippen molar-refractivity contribution in [2.24, 2.45) is 5.73 Å². The van der Waals surface area contributed by atoms with Crippen LogP contribution >= 0.6 is 0 Å². The molecule has 0 saturated heterocycles. The van der Waals surface area contributed by atoms with E-state index in [2.05, 4.69) is 44.2 Å². The van der Waals surface area contributed by atoms with E-state index in [0.717, 1.165) is 6.42 Å². The van der Waals surface area contributed by atoms with E-state index in [1.165, 1.54) is 22.9 Å². The zero-order valence-electron chi connectivity index (χ0n) is 9.98. The normalized spacial score (nSPS) is 17.8. The predicted octanol–water partition coefficient (Wildman–Crippen LogP) is 3.79. The number of hydrogen-bond donors (Lipinski definition) is 1. The summed E-state index contributed by atoms with van der Waals surface area (Å²) in [4.78, 5) is 0. The van der Waals surface area contributed by atoms with Gasteiger partial charge in [-0.2, -0.15) is 0 Å². The number of allylic oxidation sites excluding steroid dienone is 11. The van der Waals surface area contributed by atoms with Gasteiger partial charge in [0.1, 0.15) is 0 Å². The number of nitrogens with two attached hydrogens (primary N) is 1. The standard InChI is InChI=1S/C15H19N/c1-13-7-6-9-15(11-10-13)14(2)8-4-3-5-12-16/h3-10,12H,11,16H2,1-2H3/b4-3-,12-5+,14-8+. The summed E-state index contributed by atoms with van der Waals surface area (Å²) in [6.45, 7) is 4.25. The molecule has 0 heterocycles. The molecule has 0 aromatic heterocycles. The fraction of sp³-hybridized carbons (Fsp3) is 0.200. The number of rotatable bonds is 3. The van der Waals surface area contributed by atoms with Crippen molar-refractivity contribution in [1.82, 2.24) is 0 Å². The van der Waals surface area contributed by atoms with Crippen LogP contribution in [0.5, 0.6) is 0 Å². The van der Waals surface area contributed by atoms with Crippen LogP contribution in [0.25, 0.3) is 0 Å². The van der Waals surface area contributed by atoms with Gasteiger partial charge < -0.3 is 5.73 Å². The van der Waals surface area contributed by atoms with E-state index >= 15 is 0 Å². The molecular weight excluding hydrogens is 194 g/mol. The van der Waals surface area contributed by atoms with Gasteiger partial charge >= 0.3 is 0 Å². The van der Waals surface area contributed by atoms with E-state index in [1.54, 1.807) is 0 Å². The lowest BCUT2D eigenvalue weighted by molar-refractivity contribution is 1.20. The van der Waals surface area contributed by atoms with Gasteiger partial charge in [-0.05, 0) is 43.7 Å². The molecule has 1 aliphatic carbocycles. The van der Waals surface area contributed by atoms with Crippen molar-refractivity contribution in [2.75, 3.05) is 0 Å². The van der Waals surface area contributed by atoms with Gasteiger partial charge in [0.05, 0.1) is 0 Å². The largest absolute Gasteiger partial charge is 0.405 e. The highest BCUT2D eigenvalue weighted by Crippen LogP contribution is 2.18. The van der Waals surface area contributed by atoms with Crippen LogP contribution in [0.3, 0.4) is 0 Å². The van der Waals surface area contributed by atoms with Gasteiger partial charge in [0.15, 0.2) is 0 Å². The van der Waals surface area contributed by atoms with Gasteiger partial charge in [-0.25, -0.2) is 0 Å². The Balaban J connectivity index is 2.71. The highest BCUT2D eigenvalue weighted by Gasteiger charge is 1.98. The van der Waals surface area contributed by atoms with Gasteiger partial charge in [0.2, 0.25) is 0 Å². The third kappa shape index (κ3) is 4.18. The molecule has 0 aromatic rings. The van der Waals surface area contributed by atoms with Crippen molar-refractivity contribution in [3.8, 4) is 0 Å². The van der Waals surface area contributed by atoms with Crippen LogP contribution in [0.1, 0.15) is 20.3 Å². The van der Waals surface area contributed by atoms with Crippen LogP contribution in [0.15, 0.2) is 71.5 Å². The molecule has 1 nitrogen and oxygen atoms in total. The minimum atomic E-state index is 1.00. The van der Waals surface area contributed by atoms with Crippen LogP contribution in [-0.2, 0) is 0 Å². The van der Waals surface area contributed by atoms with Gasteiger partial charge in [0, 0.05) is 0 Å². The fourth-order valence-electron chi connectivity index (χ4n) is 1.45. The highest BCUT2D eigenvalue weighted by molar-refractivity contribution is 5.40. The molecule has 0 amide bonds. The minimum Gasteiger partial charge on any atom is -0.405 e. The highest BCUT2D eigenvalue weighted by atomic mass is 14.5. The van der Waals surface area contributed by atoms with E-state index < -0.39 is 0 Å². The van der Waals surface area contributed by atoms with E-state index in [1.807, 2.05) is 18.2 Å². The third-order valence-corrected chi connectivity index (χ3v) is 2.49. The molecule has 1 rings (SSSR count). The van der Waals surface area contributed by atoms with Crippen LogP contribution in [-0.4, -0.2) is 0 Å². The molecule has 0 fully saturated rings. The summed E-state index contributed by atoms with van der Waals surface area (Å²) < 4.78 is 0. The molecule has 0 aromatic carbocycles. The smallest absolute Gasteiger partial charge is 0.00624 e. The summed E-state index contributed by atoms with van der Waals surface area (Å²) in [5, 5.41) is 0. The molecule has 0 saturated carbocycles. The van der Waals surface area contributed by atoms with Gasteiger partial charge in [0.25, 0.3) is 0 Å². The molecule has 1 aliphatic rings. The Morgan fingerprint density at radius 2 is 2.12 bits per heavy atom. The molecule has 0 bridgehead atoms. The lowest BCUT2D eigenvalue weighted by atomic mass is 10.0. The molecule has 0 unspecified atom stereocenters. The molecular formula is C15H19N. The molecule has 84 valence electrons. The second-order valence-corrected chi connectivity index (χ2v) is 3.82. The number of hydrogen-bond acceptors (Lipinski definition) is 1. The molecule has 0 spiro atoms. The topological polar surface area (TPSA) is 26.0 Å². The lowest BCUT2D eigenvalue weighted by Gasteiger charge is -2.02. The van der Waals surface area contributed by atoms with Crippen molar-refractivity contribution in [3.05, 3.63) is 71.5 Å². The van der Waals surface area contributed by atoms with Crippen molar-refractivity contribution in [1.29, 1.82) is 0 Å². The Morgan fingerprint density at radius 3 is 2.88 bits per heavy atom.